The molecule has 1 aliphatic heterocycles. The Kier molecular flexibility index (Phi) is 5.26. The van der Waals surface area contributed by atoms with Crippen LogP contribution in [0.15, 0.2) is 53.4 Å². The van der Waals surface area contributed by atoms with E-state index in [1.54, 1.807) is 24.3 Å². The molecule has 0 bridgehead atoms. The van der Waals surface area contributed by atoms with Crippen molar-refractivity contribution in [1.82, 2.24) is 9.62 Å². The molecule has 3 rings (SSSR count). The molecule has 1 heterocycles. The first-order chi connectivity index (χ1) is 12.4. The standard InChI is InChI=1S/C17H16ClN3O4S/c18-13-2-1-3-14(10-13)20-17(23)12-4-6-15(7-5-12)26(24,25)21-9-8-19-16(22)11-21/h1-7,10H,8-9,11H2,(H,19,22)(H,20,23). The third kappa shape index (κ3) is 4.04. The predicted molar refractivity (Wildman–Crippen MR) is 97.6 cm³/mol. The lowest BCUT2D eigenvalue weighted by Gasteiger charge is -2.25. The number of sulfonamides is 1. The van der Waals surface area contributed by atoms with E-state index in [0.717, 1.165) is 4.31 Å². The molecule has 7 nitrogen and oxygen atoms in total. The molecule has 0 spiro atoms. The third-order valence-electron chi connectivity index (χ3n) is 3.84. The van der Waals surface area contributed by atoms with Crippen molar-refractivity contribution in [2.24, 2.45) is 0 Å². The number of carbonyl (C=O) groups is 2. The van der Waals surface area contributed by atoms with Gasteiger partial charge < -0.3 is 10.6 Å². The van der Waals surface area contributed by atoms with Crippen LogP contribution in [0.2, 0.25) is 5.02 Å². The number of amides is 2. The number of carbonyl (C=O) groups excluding carboxylic acids is 2. The average Bonchev–Trinajstić information content (AvgIpc) is 2.62. The normalized spacial score (nSPS) is 15.3. The van der Waals surface area contributed by atoms with Crippen LogP contribution in [-0.2, 0) is 14.8 Å². The van der Waals surface area contributed by atoms with Gasteiger partial charge in [-0.25, -0.2) is 8.42 Å². The Morgan fingerprint density at radius 2 is 1.88 bits per heavy atom. The summed E-state index contributed by atoms with van der Waals surface area (Å²) in [6, 6.07) is 12.3. The lowest BCUT2D eigenvalue weighted by atomic mass is 10.2. The van der Waals surface area contributed by atoms with Gasteiger partial charge in [-0.15, -0.1) is 0 Å². The van der Waals surface area contributed by atoms with Crippen LogP contribution in [0.4, 0.5) is 5.69 Å². The summed E-state index contributed by atoms with van der Waals surface area (Å²) >= 11 is 5.88. The van der Waals surface area contributed by atoms with Gasteiger partial charge in [0.1, 0.15) is 0 Å². The Balaban J connectivity index is 1.75. The number of piperazine rings is 1. The topological polar surface area (TPSA) is 95.6 Å². The van der Waals surface area contributed by atoms with Gasteiger partial charge in [0, 0.05) is 29.4 Å². The van der Waals surface area contributed by atoms with Crippen LogP contribution in [0.3, 0.4) is 0 Å². The van der Waals surface area contributed by atoms with E-state index in [0.29, 0.717) is 16.3 Å². The number of nitrogens with one attached hydrogen (secondary N) is 2. The van der Waals surface area contributed by atoms with Crippen molar-refractivity contribution < 1.29 is 18.0 Å². The number of benzene rings is 2. The Bertz CT molecular complexity index is 945. The Labute approximate surface area is 156 Å². The van der Waals surface area contributed by atoms with Gasteiger partial charge in [-0.3, -0.25) is 9.59 Å². The first-order valence-electron chi connectivity index (χ1n) is 7.80. The number of hydrogen-bond donors (Lipinski definition) is 2. The minimum absolute atomic E-state index is 0.0338. The molecule has 0 unspecified atom stereocenters. The zero-order valence-electron chi connectivity index (χ0n) is 13.6. The van der Waals surface area contributed by atoms with Gasteiger partial charge in [-0.05, 0) is 42.5 Å². The first kappa shape index (κ1) is 18.4. The van der Waals surface area contributed by atoms with E-state index in [4.69, 9.17) is 11.6 Å². The first-order valence-corrected chi connectivity index (χ1v) is 9.62. The van der Waals surface area contributed by atoms with E-state index in [2.05, 4.69) is 10.6 Å². The second-order valence-electron chi connectivity index (χ2n) is 5.68. The van der Waals surface area contributed by atoms with E-state index in [1.807, 2.05) is 0 Å². The smallest absolute Gasteiger partial charge is 0.255 e. The van der Waals surface area contributed by atoms with Gasteiger partial charge in [0.15, 0.2) is 0 Å². The minimum Gasteiger partial charge on any atom is -0.354 e. The van der Waals surface area contributed by atoms with E-state index in [-0.39, 0.29) is 36.3 Å². The molecule has 2 aromatic rings. The van der Waals surface area contributed by atoms with E-state index in [9.17, 15) is 18.0 Å². The molecule has 0 atom stereocenters. The van der Waals surface area contributed by atoms with Crippen molar-refractivity contribution in [1.29, 1.82) is 0 Å². The van der Waals surface area contributed by atoms with Crippen molar-refractivity contribution in [2.75, 3.05) is 25.0 Å². The van der Waals surface area contributed by atoms with Crippen molar-refractivity contribution in [3.63, 3.8) is 0 Å². The molecule has 136 valence electrons. The van der Waals surface area contributed by atoms with Crippen molar-refractivity contribution >= 4 is 39.1 Å². The van der Waals surface area contributed by atoms with E-state index < -0.39 is 10.0 Å². The summed E-state index contributed by atoms with van der Waals surface area (Å²) in [6.07, 6.45) is 0. The summed E-state index contributed by atoms with van der Waals surface area (Å²) in [6.45, 7) is 0.280. The molecule has 9 heteroatoms. The van der Waals surface area contributed by atoms with Gasteiger partial charge in [0.2, 0.25) is 15.9 Å². The van der Waals surface area contributed by atoms with Crippen LogP contribution in [0.1, 0.15) is 10.4 Å². The molecule has 1 fully saturated rings. The van der Waals surface area contributed by atoms with E-state index >= 15 is 0 Å². The fourth-order valence-corrected chi connectivity index (χ4v) is 4.10. The van der Waals surface area contributed by atoms with Crippen LogP contribution in [0.25, 0.3) is 0 Å². The maximum absolute atomic E-state index is 12.6. The molecule has 1 saturated heterocycles. The molecule has 0 aromatic heterocycles. The lowest BCUT2D eigenvalue weighted by molar-refractivity contribution is -0.122. The second kappa shape index (κ2) is 7.45. The predicted octanol–water partition coefficient (Wildman–Crippen LogP) is 1.71. The number of nitrogens with zero attached hydrogens (tertiary/aromatic N) is 1. The van der Waals surface area contributed by atoms with Gasteiger partial charge in [-0.1, -0.05) is 17.7 Å². The van der Waals surface area contributed by atoms with Crippen LogP contribution >= 0.6 is 11.6 Å². The van der Waals surface area contributed by atoms with Gasteiger partial charge in [0.05, 0.1) is 11.4 Å². The maximum Gasteiger partial charge on any atom is 0.255 e. The van der Waals surface area contributed by atoms with Crippen molar-refractivity contribution in [3.05, 3.63) is 59.1 Å². The summed E-state index contributed by atoms with van der Waals surface area (Å²) in [5.41, 5.74) is 0.846. The van der Waals surface area contributed by atoms with Crippen molar-refractivity contribution in [3.8, 4) is 0 Å². The number of hydrogen-bond acceptors (Lipinski definition) is 4. The largest absolute Gasteiger partial charge is 0.354 e. The van der Waals surface area contributed by atoms with Crippen molar-refractivity contribution in [2.45, 2.75) is 4.90 Å². The minimum atomic E-state index is -3.78. The summed E-state index contributed by atoms with van der Waals surface area (Å²) in [7, 11) is -3.78. The molecule has 0 aliphatic carbocycles. The van der Waals surface area contributed by atoms with Gasteiger partial charge >= 0.3 is 0 Å². The SMILES string of the molecule is O=C1CN(S(=O)(=O)c2ccc(C(=O)Nc3cccc(Cl)c3)cc2)CCN1. The number of anilines is 1. The number of rotatable bonds is 4. The zero-order valence-corrected chi connectivity index (χ0v) is 15.2. The molecule has 2 amide bonds. The highest BCUT2D eigenvalue weighted by Crippen LogP contribution is 2.19. The highest BCUT2D eigenvalue weighted by Gasteiger charge is 2.29. The van der Waals surface area contributed by atoms with Gasteiger partial charge in [-0.2, -0.15) is 4.31 Å². The molecule has 2 aromatic carbocycles. The summed E-state index contributed by atoms with van der Waals surface area (Å²) in [5, 5.41) is 5.76. The van der Waals surface area contributed by atoms with Crippen LogP contribution in [0, 0.1) is 0 Å². The maximum atomic E-state index is 12.6. The second-order valence-corrected chi connectivity index (χ2v) is 8.05. The molecule has 26 heavy (non-hydrogen) atoms. The molecular formula is C17H16ClN3O4S. The summed E-state index contributed by atoms with van der Waals surface area (Å²) in [4.78, 5) is 23.7. The van der Waals surface area contributed by atoms with Crippen LogP contribution < -0.4 is 10.6 Å². The fraction of sp³-hybridized carbons (Fsp3) is 0.176. The zero-order chi connectivity index (χ0) is 18.7. The number of halogens is 1. The quantitative estimate of drug-likeness (QED) is 0.826. The molecule has 1 aliphatic rings. The Morgan fingerprint density at radius 3 is 2.54 bits per heavy atom. The van der Waals surface area contributed by atoms with Gasteiger partial charge in [0.25, 0.3) is 5.91 Å². The highest BCUT2D eigenvalue weighted by molar-refractivity contribution is 7.89. The third-order valence-corrected chi connectivity index (χ3v) is 5.93. The monoisotopic (exact) mass is 393 g/mol. The fourth-order valence-electron chi connectivity index (χ4n) is 2.52. The van der Waals surface area contributed by atoms with Crippen LogP contribution in [-0.4, -0.2) is 44.2 Å². The Morgan fingerprint density at radius 1 is 1.15 bits per heavy atom. The summed E-state index contributed by atoms with van der Waals surface area (Å²) < 4.78 is 26.3. The molecule has 0 radical (unpaired) electrons. The summed E-state index contributed by atoms with van der Waals surface area (Å²) in [5.74, 6) is -0.717. The highest BCUT2D eigenvalue weighted by atomic mass is 35.5. The molecular weight excluding hydrogens is 378 g/mol. The lowest BCUT2D eigenvalue weighted by Crippen LogP contribution is -2.49. The van der Waals surface area contributed by atoms with Crippen LogP contribution in [0.5, 0.6) is 0 Å². The average molecular weight is 394 g/mol. The molecule has 0 saturated carbocycles. The Hall–Kier alpha value is -2.42. The molecule has 2 N–H and O–H groups in total. The van der Waals surface area contributed by atoms with E-state index in [1.165, 1.54) is 24.3 Å².